The van der Waals surface area contributed by atoms with E-state index in [4.69, 9.17) is 0 Å². The molecule has 1 fully saturated rings. The van der Waals surface area contributed by atoms with Gasteiger partial charge in [-0.2, -0.15) is 10.2 Å². The van der Waals surface area contributed by atoms with Gasteiger partial charge in [0, 0.05) is 25.0 Å². The zero-order valence-electron chi connectivity index (χ0n) is 10.8. The fraction of sp³-hybridized carbons (Fsp3) is 0.583. The molecule has 1 atom stereocenters. The molecular weight excluding hydrogens is 228 g/mol. The van der Waals surface area contributed by atoms with Crippen LogP contribution in [0, 0.1) is 0 Å². The Morgan fingerprint density at radius 2 is 2.22 bits per heavy atom. The largest absolute Gasteiger partial charge is 0.363 e. The molecule has 2 aromatic heterocycles. The lowest BCUT2D eigenvalue weighted by molar-refractivity contribution is 0.261. The van der Waals surface area contributed by atoms with E-state index in [0.29, 0.717) is 6.04 Å². The summed E-state index contributed by atoms with van der Waals surface area (Å²) in [5.74, 6) is 0.841. The van der Waals surface area contributed by atoms with E-state index < -0.39 is 0 Å². The summed E-state index contributed by atoms with van der Waals surface area (Å²) in [6.45, 7) is 2.23. The number of nitrogens with one attached hydrogen (secondary N) is 1. The summed E-state index contributed by atoms with van der Waals surface area (Å²) in [7, 11) is 4.09. The van der Waals surface area contributed by atoms with Crippen LogP contribution in [0.1, 0.15) is 12.8 Å². The van der Waals surface area contributed by atoms with Crippen LogP contribution < -0.4 is 5.32 Å². The van der Waals surface area contributed by atoms with Crippen molar-refractivity contribution in [3.63, 3.8) is 0 Å². The molecule has 96 valence electrons. The molecule has 0 unspecified atom stereocenters. The highest BCUT2D eigenvalue weighted by molar-refractivity contribution is 5.87. The van der Waals surface area contributed by atoms with Gasteiger partial charge in [-0.25, -0.2) is 0 Å². The number of hydrogen-bond acceptors (Lipinski definition) is 5. The van der Waals surface area contributed by atoms with Crippen molar-refractivity contribution in [1.82, 2.24) is 24.9 Å². The minimum atomic E-state index is 0.443. The van der Waals surface area contributed by atoms with Crippen LogP contribution in [0.5, 0.6) is 0 Å². The Bertz CT molecular complexity index is 548. The molecule has 0 radical (unpaired) electrons. The number of rotatable bonds is 2. The maximum Gasteiger partial charge on any atom is 0.175 e. The van der Waals surface area contributed by atoms with E-state index in [2.05, 4.69) is 32.6 Å². The zero-order valence-corrected chi connectivity index (χ0v) is 10.8. The summed E-state index contributed by atoms with van der Waals surface area (Å²) in [6, 6.07) is 0.443. The summed E-state index contributed by atoms with van der Waals surface area (Å²) in [4.78, 5) is 2.35. The number of aryl methyl sites for hydroxylation is 1. The maximum atomic E-state index is 4.25. The molecule has 6 heteroatoms. The summed E-state index contributed by atoms with van der Waals surface area (Å²) in [5, 5.41) is 17.0. The molecule has 18 heavy (non-hydrogen) atoms. The third-order valence-corrected chi connectivity index (χ3v) is 3.51. The van der Waals surface area contributed by atoms with Gasteiger partial charge in [0.05, 0.1) is 12.4 Å². The number of hydrogen-bond donors (Lipinski definition) is 1. The minimum absolute atomic E-state index is 0.443. The Morgan fingerprint density at radius 3 is 3.06 bits per heavy atom. The third kappa shape index (κ3) is 2.03. The van der Waals surface area contributed by atoms with Crippen LogP contribution in [0.4, 0.5) is 5.82 Å². The molecule has 3 heterocycles. The van der Waals surface area contributed by atoms with E-state index >= 15 is 0 Å². The molecule has 3 rings (SSSR count). The first kappa shape index (κ1) is 11.4. The second-order valence-electron chi connectivity index (χ2n) is 5.01. The maximum absolute atomic E-state index is 4.25. The van der Waals surface area contributed by atoms with Crippen molar-refractivity contribution in [3.8, 4) is 0 Å². The predicted molar refractivity (Wildman–Crippen MR) is 70.4 cm³/mol. The number of piperidine rings is 1. The SMILES string of the molecule is CN1CCC[C@@H](Nc2nncc3cnn(C)c23)C1. The lowest BCUT2D eigenvalue weighted by Crippen LogP contribution is -2.40. The van der Waals surface area contributed by atoms with Crippen LogP contribution in [0.25, 0.3) is 10.9 Å². The van der Waals surface area contributed by atoms with Gasteiger partial charge in [-0.1, -0.05) is 0 Å². The highest BCUT2D eigenvalue weighted by atomic mass is 15.3. The standard InChI is InChI=1S/C12H18N6/c1-17-5-3-4-10(8-17)15-12-11-9(6-13-16-12)7-14-18(11)2/h6-7,10H,3-5,8H2,1-2H3,(H,15,16)/t10-/m1/s1. The summed E-state index contributed by atoms with van der Waals surface area (Å²) < 4.78 is 1.85. The Kier molecular flexibility index (Phi) is 2.87. The molecule has 0 amide bonds. The molecule has 0 saturated carbocycles. The average Bonchev–Trinajstić information content (AvgIpc) is 2.72. The van der Waals surface area contributed by atoms with Crippen LogP contribution >= 0.6 is 0 Å². The van der Waals surface area contributed by atoms with Gasteiger partial charge in [-0.3, -0.25) is 4.68 Å². The van der Waals surface area contributed by atoms with E-state index in [1.165, 1.54) is 19.4 Å². The highest BCUT2D eigenvalue weighted by Gasteiger charge is 2.19. The second-order valence-corrected chi connectivity index (χ2v) is 5.01. The van der Waals surface area contributed by atoms with E-state index in [1.807, 2.05) is 17.9 Å². The van der Waals surface area contributed by atoms with Gasteiger partial charge in [0.15, 0.2) is 5.82 Å². The predicted octanol–water partition coefficient (Wildman–Crippen LogP) is 0.869. The first-order chi connectivity index (χ1) is 8.74. The molecule has 2 aromatic rings. The van der Waals surface area contributed by atoms with Gasteiger partial charge < -0.3 is 10.2 Å². The van der Waals surface area contributed by atoms with Crippen LogP contribution in [0.3, 0.4) is 0 Å². The van der Waals surface area contributed by atoms with Gasteiger partial charge in [0.2, 0.25) is 0 Å². The lowest BCUT2D eigenvalue weighted by atomic mass is 10.1. The summed E-state index contributed by atoms with van der Waals surface area (Å²) in [5.41, 5.74) is 1.03. The van der Waals surface area contributed by atoms with Crippen molar-refractivity contribution in [3.05, 3.63) is 12.4 Å². The van der Waals surface area contributed by atoms with Crippen molar-refractivity contribution < 1.29 is 0 Å². The van der Waals surface area contributed by atoms with Crippen LogP contribution in [-0.2, 0) is 7.05 Å². The molecular formula is C12H18N6. The topological polar surface area (TPSA) is 58.9 Å². The number of likely N-dealkylation sites (N-methyl/N-ethyl adjacent to an activating group) is 1. The molecule has 1 N–H and O–H groups in total. The summed E-state index contributed by atoms with van der Waals surface area (Å²) in [6.07, 6.45) is 5.98. The normalized spacial score (nSPS) is 21.3. The Morgan fingerprint density at radius 1 is 1.33 bits per heavy atom. The molecule has 0 aromatic carbocycles. The highest BCUT2D eigenvalue weighted by Crippen LogP contribution is 2.21. The monoisotopic (exact) mass is 246 g/mol. The van der Waals surface area contributed by atoms with Gasteiger partial charge in [0.1, 0.15) is 5.52 Å². The van der Waals surface area contributed by atoms with Crippen molar-refractivity contribution in [2.24, 2.45) is 7.05 Å². The Balaban J connectivity index is 1.88. The fourth-order valence-corrected chi connectivity index (χ4v) is 2.61. The van der Waals surface area contributed by atoms with E-state index in [0.717, 1.165) is 23.3 Å². The molecule has 1 saturated heterocycles. The van der Waals surface area contributed by atoms with Crippen LogP contribution in [-0.4, -0.2) is 51.1 Å². The van der Waals surface area contributed by atoms with Crippen LogP contribution in [0.2, 0.25) is 0 Å². The molecule has 0 aliphatic carbocycles. The van der Waals surface area contributed by atoms with Gasteiger partial charge in [0.25, 0.3) is 0 Å². The van der Waals surface area contributed by atoms with Crippen molar-refractivity contribution >= 4 is 16.7 Å². The van der Waals surface area contributed by atoms with Crippen molar-refractivity contribution in [2.75, 3.05) is 25.5 Å². The number of nitrogens with zero attached hydrogens (tertiary/aromatic N) is 5. The molecule has 6 nitrogen and oxygen atoms in total. The third-order valence-electron chi connectivity index (χ3n) is 3.51. The smallest absolute Gasteiger partial charge is 0.175 e. The van der Waals surface area contributed by atoms with Crippen molar-refractivity contribution in [2.45, 2.75) is 18.9 Å². The first-order valence-corrected chi connectivity index (χ1v) is 6.32. The first-order valence-electron chi connectivity index (χ1n) is 6.32. The minimum Gasteiger partial charge on any atom is -0.363 e. The Hall–Kier alpha value is -1.69. The number of aromatic nitrogens is 4. The van der Waals surface area contributed by atoms with E-state index in [-0.39, 0.29) is 0 Å². The molecule has 0 bridgehead atoms. The quantitative estimate of drug-likeness (QED) is 0.852. The average molecular weight is 246 g/mol. The zero-order chi connectivity index (χ0) is 12.5. The van der Waals surface area contributed by atoms with Crippen LogP contribution in [0.15, 0.2) is 12.4 Å². The molecule has 1 aliphatic heterocycles. The lowest BCUT2D eigenvalue weighted by Gasteiger charge is -2.30. The second kappa shape index (κ2) is 4.53. The Labute approximate surface area is 106 Å². The van der Waals surface area contributed by atoms with Gasteiger partial charge in [-0.05, 0) is 26.4 Å². The number of fused-ring (bicyclic) bond motifs is 1. The fourth-order valence-electron chi connectivity index (χ4n) is 2.61. The number of anilines is 1. The molecule has 0 spiro atoms. The van der Waals surface area contributed by atoms with E-state index in [9.17, 15) is 0 Å². The van der Waals surface area contributed by atoms with Gasteiger partial charge in [-0.15, -0.1) is 5.10 Å². The van der Waals surface area contributed by atoms with Crippen molar-refractivity contribution in [1.29, 1.82) is 0 Å². The summed E-state index contributed by atoms with van der Waals surface area (Å²) >= 11 is 0. The van der Waals surface area contributed by atoms with Gasteiger partial charge >= 0.3 is 0 Å². The molecule has 1 aliphatic rings. The number of likely N-dealkylation sites (tertiary alicyclic amines) is 1. The van der Waals surface area contributed by atoms with E-state index in [1.54, 1.807) is 6.20 Å².